The number of piperidine rings is 1. The molecule has 1 aromatic carbocycles. The van der Waals surface area contributed by atoms with Crippen LogP contribution in [0.5, 0.6) is 0 Å². The van der Waals surface area contributed by atoms with Crippen molar-refractivity contribution in [1.82, 2.24) is 9.97 Å². The topological polar surface area (TPSA) is 31.9 Å². The maximum atomic E-state index is 4.85. The van der Waals surface area contributed by atoms with Crippen LogP contribution in [0, 0.1) is 0 Å². The summed E-state index contributed by atoms with van der Waals surface area (Å²) in [6.07, 6.45) is 10.8. The van der Waals surface area contributed by atoms with Crippen LogP contribution in [0.1, 0.15) is 63.1 Å². The second-order valence-corrected chi connectivity index (χ2v) is 6.71. The van der Waals surface area contributed by atoms with Crippen molar-refractivity contribution in [3.63, 3.8) is 0 Å². The van der Waals surface area contributed by atoms with Gasteiger partial charge in [0.05, 0.1) is 11.0 Å². The zero-order valence-corrected chi connectivity index (χ0v) is 12.8. The van der Waals surface area contributed by atoms with Crippen LogP contribution >= 0.6 is 0 Å². The molecule has 1 N–H and O–H groups in total. The number of hydrogen-bond donors (Lipinski definition) is 1. The van der Waals surface area contributed by atoms with Gasteiger partial charge in [0.1, 0.15) is 5.82 Å². The van der Waals surface area contributed by atoms with Gasteiger partial charge in [-0.3, -0.25) is 0 Å². The SMILES string of the molecule is c1cc2nc(C3CCCCC3)[nH]c2cc1N1CCCCC1. The van der Waals surface area contributed by atoms with Crippen molar-refractivity contribution in [2.75, 3.05) is 18.0 Å². The van der Waals surface area contributed by atoms with Crippen LogP contribution in [0.25, 0.3) is 11.0 Å². The molecule has 0 unspecified atom stereocenters. The molecule has 0 spiro atoms. The molecule has 112 valence electrons. The molecule has 2 aliphatic rings. The minimum absolute atomic E-state index is 0.657. The van der Waals surface area contributed by atoms with Crippen molar-refractivity contribution in [2.45, 2.75) is 57.3 Å². The molecule has 0 bridgehead atoms. The fraction of sp³-hybridized carbons (Fsp3) is 0.611. The zero-order valence-electron chi connectivity index (χ0n) is 12.8. The van der Waals surface area contributed by atoms with E-state index < -0.39 is 0 Å². The molecule has 3 nitrogen and oxygen atoms in total. The van der Waals surface area contributed by atoms with E-state index in [1.54, 1.807) is 0 Å². The van der Waals surface area contributed by atoms with E-state index in [0.717, 1.165) is 5.52 Å². The lowest BCUT2D eigenvalue weighted by Gasteiger charge is -2.28. The van der Waals surface area contributed by atoms with E-state index in [9.17, 15) is 0 Å². The van der Waals surface area contributed by atoms with Crippen LogP contribution in [0.2, 0.25) is 0 Å². The summed E-state index contributed by atoms with van der Waals surface area (Å²) in [6.45, 7) is 2.41. The maximum Gasteiger partial charge on any atom is 0.110 e. The van der Waals surface area contributed by atoms with Gasteiger partial charge in [-0.25, -0.2) is 4.98 Å². The number of rotatable bonds is 2. The first-order chi connectivity index (χ1) is 10.4. The summed E-state index contributed by atoms with van der Waals surface area (Å²) in [7, 11) is 0. The van der Waals surface area contributed by atoms with Gasteiger partial charge in [-0.1, -0.05) is 19.3 Å². The fourth-order valence-corrected chi connectivity index (χ4v) is 3.94. The third kappa shape index (κ3) is 2.66. The number of benzene rings is 1. The number of aromatic amines is 1. The predicted octanol–water partition coefficient (Wildman–Crippen LogP) is 4.60. The lowest BCUT2D eigenvalue weighted by molar-refractivity contribution is 0.431. The highest BCUT2D eigenvalue weighted by molar-refractivity contribution is 5.79. The first-order valence-corrected chi connectivity index (χ1v) is 8.65. The van der Waals surface area contributed by atoms with Gasteiger partial charge < -0.3 is 9.88 Å². The number of hydrogen-bond acceptors (Lipinski definition) is 2. The van der Waals surface area contributed by atoms with Gasteiger partial charge in [0.15, 0.2) is 0 Å². The Bertz CT molecular complexity index is 588. The molecule has 1 aliphatic heterocycles. The van der Waals surface area contributed by atoms with Crippen LogP contribution in [-0.2, 0) is 0 Å². The quantitative estimate of drug-likeness (QED) is 0.873. The van der Waals surface area contributed by atoms with Crippen LogP contribution in [0.3, 0.4) is 0 Å². The van der Waals surface area contributed by atoms with Gasteiger partial charge in [0.25, 0.3) is 0 Å². The van der Waals surface area contributed by atoms with Crippen LogP contribution in [-0.4, -0.2) is 23.1 Å². The number of H-pyrrole nitrogens is 1. The summed E-state index contributed by atoms with van der Waals surface area (Å²) in [6, 6.07) is 6.75. The number of aromatic nitrogens is 2. The van der Waals surface area contributed by atoms with E-state index >= 15 is 0 Å². The highest BCUT2D eigenvalue weighted by Crippen LogP contribution is 2.32. The second-order valence-electron chi connectivity index (χ2n) is 6.71. The van der Waals surface area contributed by atoms with Crippen LogP contribution < -0.4 is 4.90 Å². The Labute approximate surface area is 126 Å². The molecule has 2 heterocycles. The lowest BCUT2D eigenvalue weighted by atomic mass is 9.89. The van der Waals surface area contributed by atoms with E-state index in [-0.39, 0.29) is 0 Å². The Balaban J connectivity index is 1.61. The molecule has 0 radical (unpaired) electrons. The molecule has 21 heavy (non-hydrogen) atoms. The van der Waals surface area contributed by atoms with E-state index in [0.29, 0.717) is 5.92 Å². The molecule has 1 saturated carbocycles. The largest absolute Gasteiger partial charge is 0.371 e. The molecular weight excluding hydrogens is 258 g/mol. The maximum absolute atomic E-state index is 4.85. The molecular formula is C18H25N3. The summed E-state index contributed by atoms with van der Waals surface area (Å²) in [5, 5.41) is 0. The molecule has 0 amide bonds. The Kier molecular flexibility index (Phi) is 3.58. The van der Waals surface area contributed by atoms with Gasteiger partial charge >= 0.3 is 0 Å². The van der Waals surface area contributed by atoms with Gasteiger partial charge in [0, 0.05) is 24.7 Å². The molecule has 1 aromatic heterocycles. The highest BCUT2D eigenvalue weighted by atomic mass is 15.1. The van der Waals surface area contributed by atoms with E-state index in [1.807, 2.05) is 0 Å². The number of nitrogens with zero attached hydrogens (tertiary/aromatic N) is 2. The van der Waals surface area contributed by atoms with Crippen molar-refractivity contribution >= 4 is 16.7 Å². The summed E-state index contributed by atoms with van der Waals surface area (Å²) in [4.78, 5) is 11.0. The standard InChI is InChI=1S/C18H25N3/c1-3-7-14(8-4-1)18-19-16-10-9-15(13-17(16)20-18)21-11-5-2-6-12-21/h9-10,13-14H,1-8,11-12H2,(H,19,20). The predicted molar refractivity (Wildman–Crippen MR) is 88.0 cm³/mol. The highest BCUT2D eigenvalue weighted by Gasteiger charge is 2.19. The number of fused-ring (bicyclic) bond motifs is 1. The Hall–Kier alpha value is -1.51. The molecule has 0 atom stereocenters. The first-order valence-electron chi connectivity index (χ1n) is 8.65. The summed E-state index contributed by atoms with van der Waals surface area (Å²) >= 11 is 0. The molecule has 3 heteroatoms. The van der Waals surface area contributed by atoms with E-state index in [4.69, 9.17) is 4.98 Å². The number of imidazole rings is 1. The Morgan fingerprint density at radius 2 is 1.71 bits per heavy atom. The molecule has 4 rings (SSSR count). The lowest BCUT2D eigenvalue weighted by Crippen LogP contribution is -2.29. The van der Waals surface area contributed by atoms with Crippen LogP contribution in [0.15, 0.2) is 18.2 Å². The molecule has 2 fully saturated rings. The van der Waals surface area contributed by atoms with Gasteiger partial charge in [0.2, 0.25) is 0 Å². The smallest absolute Gasteiger partial charge is 0.110 e. The average molecular weight is 283 g/mol. The minimum Gasteiger partial charge on any atom is -0.371 e. The van der Waals surface area contributed by atoms with Gasteiger partial charge in [-0.15, -0.1) is 0 Å². The third-order valence-corrected chi connectivity index (χ3v) is 5.20. The van der Waals surface area contributed by atoms with Crippen molar-refractivity contribution in [2.24, 2.45) is 0 Å². The zero-order chi connectivity index (χ0) is 14.1. The fourth-order valence-electron chi connectivity index (χ4n) is 3.94. The summed E-state index contributed by atoms with van der Waals surface area (Å²) in [5.41, 5.74) is 3.72. The van der Waals surface area contributed by atoms with Crippen molar-refractivity contribution < 1.29 is 0 Å². The Morgan fingerprint density at radius 1 is 0.952 bits per heavy atom. The molecule has 1 saturated heterocycles. The third-order valence-electron chi connectivity index (χ3n) is 5.20. The minimum atomic E-state index is 0.657. The average Bonchev–Trinajstić information content (AvgIpc) is 2.99. The Morgan fingerprint density at radius 3 is 2.52 bits per heavy atom. The molecule has 1 aliphatic carbocycles. The monoisotopic (exact) mass is 283 g/mol. The van der Waals surface area contributed by atoms with Crippen molar-refractivity contribution in [3.05, 3.63) is 24.0 Å². The number of nitrogens with one attached hydrogen (secondary N) is 1. The van der Waals surface area contributed by atoms with Crippen molar-refractivity contribution in [1.29, 1.82) is 0 Å². The molecule has 2 aromatic rings. The van der Waals surface area contributed by atoms with Crippen molar-refractivity contribution in [3.8, 4) is 0 Å². The first kappa shape index (κ1) is 13.2. The summed E-state index contributed by atoms with van der Waals surface area (Å²) < 4.78 is 0. The van der Waals surface area contributed by atoms with Crippen LogP contribution in [0.4, 0.5) is 5.69 Å². The normalized spacial score (nSPS) is 21.0. The van der Waals surface area contributed by atoms with Gasteiger partial charge in [-0.2, -0.15) is 0 Å². The van der Waals surface area contributed by atoms with E-state index in [2.05, 4.69) is 28.1 Å². The van der Waals surface area contributed by atoms with E-state index in [1.165, 1.54) is 81.5 Å². The summed E-state index contributed by atoms with van der Waals surface area (Å²) in [5.74, 6) is 1.88. The van der Waals surface area contributed by atoms with Gasteiger partial charge in [-0.05, 0) is 50.3 Å². The number of anilines is 1. The second kappa shape index (κ2) is 5.70.